The summed E-state index contributed by atoms with van der Waals surface area (Å²) < 4.78 is 56.1. The molecule has 0 saturated carbocycles. The van der Waals surface area contributed by atoms with Crippen molar-refractivity contribution in [3.63, 3.8) is 0 Å². The third-order valence-electron chi connectivity index (χ3n) is 25.5. The normalized spacial score (nSPS) is 13.8. The third-order valence-corrected chi connectivity index (χ3v) is 32.2. The lowest BCUT2D eigenvalue weighted by atomic mass is 10.1. The number of benzene rings is 15. The molecule has 4 fully saturated rings. The highest BCUT2D eigenvalue weighted by Crippen LogP contribution is 2.39. The summed E-state index contributed by atoms with van der Waals surface area (Å²) in [4.78, 5) is 12.2. The second-order valence-corrected chi connectivity index (χ2v) is 43.1. The van der Waals surface area contributed by atoms with Gasteiger partial charge >= 0.3 is 0 Å². The molecule has 5 unspecified atom stereocenters. The Bertz CT molecular complexity index is 6300. The zero-order valence-electron chi connectivity index (χ0n) is 83.1. The molecule has 18 heteroatoms. The molecule has 4 saturated heterocycles. The van der Waals surface area contributed by atoms with E-state index in [9.17, 15) is 4.39 Å². The highest BCUT2D eigenvalue weighted by atomic mass is 31.1. The summed E-state index contributed by atoms with van der Waals surface area (Å²) in [5.74, 6) is 5.79. The van der Waals surface area contributed by atoms with E-state index in [1.165, 1.54) is 245 Å². The Labute approximate surface area is 847 Å². The Morgan fingerprint density at radius 1 is 0.248 bits per heavy atom. The van der Waals surface area contributed by atoms with E-state index in [1.54, 1.807) is 20.3 Å². The summed E-state index contributed by atoms with van der Waals surface area (Å²) in [6, 6.07) is 122. The first-order chi connectivity index (χ1) is 69.2. The van der Waals surface area contributed by atoms with Crippen molar-refractivity contribution in [1.29, 1.82) is 0 Å². The van der Waals surface area contributed by atoms with Crippen LogP contribution in [-0.4, -0.2) is 80.7 Å². The maximum atomic E-state index is 13.8. The topological polar surface area (TPSA) is 80.8 Å². The van der Waals surface area contributed by atoms with Crippen LogP contribution in [0.5, 0.6) is 40.2 Å². The lowest BCUT2D eigenvalue weighted by Gasteiger charge is -2.30. The maximum absolute atomic E-state index is 13.8. The molecule has 0 radical (unpaired) electrons. The molecule has 728 valence electrons. The molecule has 0 spiro atoms. The smallest absolute Gasteiger partial charge is 0.169 e. The maximum Gasteiger partial charge on any atom is 0.169 e. The van der Waals surface area contributed by atoms with Gasteiger partial charge in [0.25, 0.3) is 0 Å². The molecule has 5 atom stereocenters. The third kappa shape index (κ3) is 31.0. The number of para-hydroxylation sites is 6. The Balaban J connectivity index is 0.000000133. The number of halogens is 1. The first-order valence-electron chi connectivity index (χ1n) is 49.9. The second kappa shape index (κ2) is 54.8. The zero-order chi connectivity index (χ0) is 97.5. The number of piperidine rings is 4. The Hall–Kier alpha value is -12.0. The fourth-order valence-corrected chi connectivity index (χ4v) is 25.2. The number of anilines is 5. The molecule has 19 rings (SSSR count). The number of methoxy groups -OCH3 is 2. The molecular weight excluding hydrogens is 1830 g/mol. The van der Waals surface area contributed by atoms with Crippen molar-refractivity contribution in [2.24, 2.45) is 0 Å². The summed E-state index contributed by atoms with van der Waals surface area (Å²) in [7, 11) is 9.66. The Morgan fingerprint density at radius 2 is 0.582 bits per heavy atom. The van der Waals surface area contributed by atoms with Crippen molar-refractivity contribution >= 4 is 124 Å². The van der Waals surface area contributed by atoms with Crippen molar-refractivity contribution in [3.05, 3.63) is 408 Å². The fraction of sp³-hybridized carbons (Fsp3) is 0.268. The minimum Gasteiger partial charge on any atom is -0.497 e. The van der Waals surface area contributed by atoms with Crippen molar-refractivity contribution in [3.8, 4) is 40.2 Å². The molecule has 15 aromatic rings. The van der Waals surface area contributed by atoms with Crippen LogP contribution in [0.1, 0.15) is 127 Å². The molecule has 0 aliphatic carbocycles. The molecule has 4 heterocycles. The van der Waals surface area contributed by atoms with Crippen molar-refractivity contribution in [2.45, 2.75) is 138 Å². The van der Waals surface area contributed by atoms with E-state index in [0.29, 0.717) is 84.6 Å². The van der Waals surface area contributed by atoms with Crippen LogP contribution in [0, 0.1) is 33.5 Å². The van der Waals surface area contributed by atoms with Gasteiger partial charge in [0, 0.05) is 154 Å². The van der Waals surface area contributed by atoms with E-state index in [1.807, 2.05) is 91.8 Å². The lowest BCUT2D eigenvalue weighted by molar-refractivity contribution is 0.286. The molecule has 4 aliphatic heterocycles. The van der Waals surface area contributed by atoms with Crippen molar-refractivity contribution in [2.75, 3.05) is 105 Å². The van der Waals surface area contributed by atoms with Gasteiger partial charge in [-0.3, -0.25) is 0 Å². The minimum atomic E-state index is -0.258. The van der Waals surface area contributed by atoms with Crippen LogP contribution in [-0.2, 0) is 33.0 Å². The molecular formula is C123H137FN5O7P5. The summed E-state index contributed by atoms with van der Waals surface area (Å²) >= 11 is 0. The highest BCUT2D eigenvalue weighted by Gasteiger charge is 2.25. The number of hydrogen-bond acceptors (Lipinski definition) is 12. The molecule has 15 aromatic carbocycles. The summed E-state index contributed by atoms with van der Waals surface area (Å²) in [6.07, 6.45) is 15.8. The van der Waals surface area contributed by atoms with Gasteiger partial charge in [-0.15, -0.1) is 0 Å². The molecule has 4 aliphatic rings. The number of ether oxygens (including phenoxy) is 7. The zero-order valence-corrected chi connectivity index (χ0v) is 88.1. The quantitative estimate of drug-likeness (QED) is 0.0377. The Kier molecular flexibility index (Phi) is 40.2. The Morgan fingerprint density at radius 3 is 1.00 bits per heavy atom. The van der Waals surface area contributed by atoms with Gasteiger partial charge in [-0.25, -0.2) is 4.39 Å². The summed E-state index contributed by atoms with van der Waals surface area (Å²) in [5.41, 5.74) is 17.3. The average Bonchev–Trinajstić information content (AvgIpc) is 0.807. The SMILES string of the molecule is COc1cc(OC)c(OCc2ccccc2)c(Pc2ccc(F)cc2N(C)C)c1.Cc1cc(C)c(OCc2ccccc2)c(Pc2ccccc2N2CCCCC2)c1.Cc1ccc(OCc2ccccc2)c(Pc2ccccc2N2CCCCC2)c1.Cc1cccc(Pc2ccccc2N2CCCCC2)c1OCc1ccccc1.c1ccc(COc2ccccc2Pc2ccccc2N2CCCCC2)cc1. The van der Waals surface area contributed by atoms with Crippen LogP contribution in [0.15, 0.2) is 352 Å². The monoisotopic (exact) mass is 1970 g/mol. The van der Waals surface area contributed by atoms with Crippen LogP contribution in [0.3, 0.4) is 0 Å². The van der Waals surface area contributed by atoms with Crippen molar-refractivity contribution < 1.29 is 37.5 Å². The average molecular weight is 1970 g/mol. The van der Waals surface area contributed by atoms with Gasteiger partial charge in [0.2, 0.25) is 0 Å². The van der Waals surface area contributed by atoms with E-state index < -0.39 is 0 Å². The number of hydrogen-bond donors (Lipinski definition) is 0. The number of nitrogens with zero attached hydrogens (tertiary/aromatic N) is 5. The molecule has 0 bridgehead atoms. The molecule has 141 heavy (non-hydrogen) atoms. The van der Waals surface area contributed by atoms with Crippen LogP contribution in [0.4, 0.5) is 32.8 Å². The van der Waals surface area contributed by atoms with Gasteiger partial charge in [-0.1, -0.05) is 321 Å². The van der Waals surface area contributed by atoms with Gasteiger partial charge in [-0.05, 0) is 222 Å². The van der Waals surface area contributed by atoms with E-state index in [-0.39, 0.29) is 14.4 Å². The van der Waals surface area contributed by atoms with Gasteiger partial charge in [0.05, 0.1) is 14.2 Å². The summed E-state index contributed by atoms with van der Waals surface area (Å²) in [6.45, 7) is 20.9. The van der Waals surface area contributed by atoms with E-state index in [0.717, 1.165) is 44.9 Å². The van der Waals surface area contributed by atoms with Gasteiger partial charge < -0.3 is 57.7 Å². The largest absolute Gasteiger partial charge is 0.497 e. The second-order valence-electron chi connectivity index (χ2n) is 36.4. The first kappa shape index (κ1) is 103. The van der Waals surface area contributed by atoms with Crippen LogP contribution >= 0.6 is 42.9 Å². The van der Waals surface area contributed by atoms with Crippen molar-refractivity contribution in [1.82, 2.24) is 0 Å². The first-order valence-corrected chi connectivity index (χ1v) is 54.9. The fourth-order valence-electron chi connectivity index (χ4n) is 18.2. The molecule has 0 N–H and O–H groups in total. The predicted octanol–water partition coefficient (Wildman–Crippen LogP) is 24.9. The standard InChI is InChI=1S/C26H30NOP.2C25H28NOP.C24H26NOP.C23H25FNO3P/c1-20-17-21(2)26(28-19-22-11-5-3-6-12-22)25(18-20)29-24-14-8-7-13-23(24)27-15-9-4-10-16-27;1-20-11-10-16-24(25(20)27-19-21-12-4-2-5-13-21)28-23-15-7-6-14-22(23)26-17-8-3-9-18-26;1-20-14-15-23(27-19-21-10-4-2-5-11-21)25(18-20)28-24-13-7-6-12-22(24)26-16-8-3-9-17-26;1-3-11-20(12-4-1)19-26-22-14-6-8-16-24(22)27-23-15-7-5-13-21(23)25-17-9-2-10-18-25;1-25(2)19-12-17(24)10-11-21(19)29-22-14-18(26-3)13-20(27-4)23(22)28-15-16-8-6-5-7-9-16/h3,5-8,11-14,17-18,29H,4,9-10,15-16,19H2,1-2H3;2,4-7,10-16,28H,3,8-9,17-19H2,1H3;2,4-7,10-15,18,28H,3,8-9,16-17,19H2,1H3;1,3-8,11-16,27H,2,9-10,17-19H2;5-14,29H,15H2,1-4H3. The molecule has 12 nitrogen and oxygen atoms in total. The summed E-state index contributed by atoms with van der Waals surface area (Å²) in [5, 5.41) is 12.8. The lowest BCUT2D eigenvalue weighted by Crippen LogP contribution is -2.32. The number of aryl methyl sites for hydroxylation is 4. The van der Waals surface area contributed by atoms with Gasteiger partial charge in [0.1, 0.15) is 67.6 Å². The molecule has 0 amide bonds. The van der Waals surface area contributed by atoms with E-state index in [2.05, 4.69) is 314 Å². The van der Waals surface area contributed by atoms with E-state index in [4.69, 9.17) is 33.2 Å². The van der Waals surface area contributed by atoms with E-state index >= 15 is 0 Å². The van der Waals surface area contributed by atoms with Crippen LogP contribution in [0.2, 0.25) is 0 Å². The van der Waals surface area contributed by atoms with Gasteiger partial charge in [-0.2, -0.15) is 0 Å². The number of rotatable bonds is 32. The van der Waals surface area contributed by atoms with Crippen LogP contribution in [0.25, 0.3) is 0 Å². The molecule has 0 aromatic heterocycles. The highest BCUT2D eigenvalue weighted by molar-refractivity contribution is 7.57. The minimum absolute atomic E-state index is 0.237. The van der Waals surface area contributed by atoms with Gasteiger partial charge in [0.15, 0.2) is 11.5 Å². The predicted molar refractivity (Wildman–Crippen MR) is 607 cm³/mol. The van der Waals surface area contributed by atoms with Crippen LogP contribution < -0.4 is 111 Å².